The maximum Gasteiger partial charge on any atom is 0.223 e. The van der Waals surface area contributed by atoms with Crippen molar-refractivity contribution in [1.29, 1.82) is 0 Å². The number of imidazole rings is 1. The molecule has 0 unspecified atom stereocenters. The van der Waals surface area contributed by atoms with Gasteiger partial charge >= 0.3 is 0 Å². The van der Waals surface area contributed by atoms with Crippen LogP contribution < -0.4 is 5.32 Å². The van der Waals surface area contributed by atoms with Crippen LogP contribution in [0.1, 0.15) is 25.0 Å². The molecular formula is C11H18N4O. The second-order valence-corrected chi connectivity index (χ2v) is 4.09. The normalized spacial score (nSPS) is 15.6. The van der Waals surface area contributed by atoms with Crippen LogP contribution in [0, 0.1) is 0 Å². The molecule has 0 atom stereocenters. The van der Waals surface area contributed by atoms with Gasteiger partial charge in [-0.2, -0.15) is 0 Å². The molecule has 5 nitrogen and oxygen atoms in total. The maximum atomic E-state index is 11.7. The van der Waals surface area contributed by atoms with E-state index in [1.165, 1.54) is 0 Å². The molecule has 1 saturated heterocycles. The number of aromatic amines is 1. The maximum absolute atomic E-state index is 11.7. The third kappa shape index (κ3) is 3.06. The Bertz CT molecular complexity index is 317. The van der Waals surface area contributed by atoms with E-state index < -0.39 is 0 Å². The van der Waals surface area contributed by atoms with Crippen molar-refractivity contribution in [2.45, 2.75) is 25.8 Å². The van der Waals surface area contributed by atoms with E-state index in [1.54, 1.807) is 12.5 Å². The molecule has 88 valence electrons. The summed E-state index contributed by atoms with van der Waals surface area (Å²) in [6.07, 6.45) is 6.36. The highest BCUT2D eigenvalue weighted by Crippen LogP contribution is 2.08. The molecule has 1 aromatic heterocycles. The summed E-state index contributed by atoms with van der Waals surface area (Å²) >= 11 is 0. The zero-order valence-corrected chi connectivity index (χ0v) is 9.41. The van der Waals surface area contributed by atoms with Gasteiger partial charge in [0.25, 0.3) is 0 Å². The molecule has 0 saturated carbocycles. The Balaban J connectivity index is 1.59. The molecule has 1 aromatic rings. The van der Waals surface area contributed by atoms with Crippen molar-refractivity contribution >= 4 is 5.91 Å². The Morgan fingerprint density at radius 1 is 1.50 bits per heavy atom. The lowest BCUT2D eigenvalue weighted by molar-refractivity contribution is -0.130. The first-order chi connectivity index (χ1) is 7.86. The second kappa shape index (κ2) is 5.65. The van der Waals surface area contributed by atoms with Gasteiger partial charge in [-0.1, -0.05) is 0 Å². The van der Waals surface area contributed by atoms with Crippen molar-refractivity contribution in [3.63, 3.8) is 0 Å². The molecule has 2 rings (SSSR count). The topological polar surface area (TPSA) is 61.0 Å². The number of hydrogen-bond acceptors (Lipinski definition) is 3. The summed E-state index contributed by atoms with van der Waals surface area (Å²) in [6, 6.07) is 0. The number of rotatable bonds is 5. The lowest BCUT2D eigenvalue weighted by atomic mass is 10.3. The van der Waals surface area contributed by atoms with Gasteiger partial charge in [0.05, 0.1) is 6.33 Å². The van der Waals surface area contributed by atoms with Gasteiger partial charge in [-0.3, -0.25) is 4.79 Å². The molecule has 0 bridgehead atoms. The molecule has 2 heterocycles. The van der Waals surface area contributed by atoms with Crippen molar-refractivity contribution in [2.75, 3.05) is 19.6 Å². The summed E-state index contributed by atoms with van der Waals surface area (Å²) in [5.41, 5.74) is 1.05. The molecule has 2 N–H and O–H groups in total. The number of nitrogens with one attached hydrogen (secondary N) is 2. The summed E-state index contributed by atoms with van der Waals surface area (Å²) in [4.78, 5) is 20.6. The zero-order chi connectivity index (χ0) is 11.2. The van der Waals surface area contributed by atoms with E-state index in [4.69, 9.17) is 0 Å². The predicted octanol–water partition coefficient (Wildman–Crippen LogP) is 0.512. The smallest absolute Gasteiger partial charge is 0.223 e. The average molecular weight is 222 g/mol. The second-order valence-electron chi connectivity index (χ2n) is 4.09. The Kier molecular flexibility index (Phi) is 3.93. The standard InChI is InChI=1S/C11H18N4O/c16-11(15-5-1-2-6-15)3-4-12-7-10-8-13-9-14-10/h8-9,12H,1-7H2,(H,13,14). The van der Waals surface area contributed by atoms with E-state index in [-0.39, 0.29) is 5.91 Å². The van der Waals surface area contributed by atoms with Crippen molar-refractivity contribution in [1.82, 2.24) is 20.2 Å². The van der Waals surface area contributed by atoms with Gasteiger partial charge in [0.15, 0.2) is 0 Å². The van der Waals surface area contributed by atoms with E-state index in [1.807, 2.05) is 4.90 Å². The number of carbonyl (C=O) groups is 1. The molecule has 5 heteroatoms. The summed E-state index contributed by atoms with van der Waals surface area (Å²) in [6.45, 7) is 3.36. The van der Waals surface area contributed by atoms with Gasteiger partial charge in [0.2, 0.25) is 5.91 Å². The highest BCUT2D eigenvalue weighted by molar-refractivity contribution is 5.76. The van der Waals surface area contributed by atoms with Gasteiger partial charge in [-0.15, -0.1) is 0 Å². The van der Waals surface area contributed by atoms with Crippen LogP contribution in [0.2, 0.25) is 0 Å². The van der Waals surface area contributed by atoms with Crippen LogP contribution in [-0.2, 0) is 11.3 Å². The lowest BCUT2D eigenvalue weighted by Gasteiger charge is -2.14. The van der Waals surface area contributed by atoms with Crippen molar-refractivity contribution in [3.8, 4) is 0 Å². The first-order valence-electron chi connectivity index (χ1n) is 5.82. The fraction of sp³-hybridized carbons (Fsp3) is 0.636. The number of carbonyl (C=O) groups excluding carboxylic acids is 1. The van der Waals surface area contributed by atoms with Crippen LogP contribution in [0.5, 0.6) is 0 Å². The van der Waals surface area contributed by atoms with Crippen LogP contribution in [0.4, 0.5) is 0 Å². The average Bonchev–Trinajstić information content (AvgIpc) is 2.96. The third-order valence-electron chi connectivity index (χ3n) is 2.84. The minimum atomic E-state index is 0.273. The Morgan fingerprint density at radius 3 is 3.00 bits per heavy atom. The number of hydrogen-bond donors (Lipinski definition) is 2. The largest absolute Gasteiger partial charge is 0.347 e. The molecule has 1 amide bonds. The van der Waals surface area contributed by atoms with E-state index in [0.29, 0.717) is 6.42 Å². The molecular weight excluding hydrogens is 204 g/mol. The van der Waals surface area contributed by atoms with E-state index in [0.717, 1.165) is 44.7 Å². The molecule has 1 aliphatic heterocycles. The predicted molar refractivity (Wildman–Crippen MR) is 60.7 cm³/mol. The Hall–Kier alpha value is -1.36. The van der Waals surface area contributed by atoms with Gasteiger partial charge in [0, 0.05) is 44.5 Å². The number of amides is 1. The van der Waals surface area contributed by atoms with Gasteiger partial charge in [-0.05, 0) is 12.8 Å². The number of nitrogens with zero attached hydrogens (tertiary/aromatic N) is 2. The van der Waals surface area contributed by atoms with Crippen molar-refractivity contribution in [2.24, 2.45) is 0 Å². The summed E-state index contributed by atoms with van der Waals surface area (Å²) in [5.74, 6) is 0.273. The lowest BCUT2D eigenvalue weighted by Crippen LogP contribution is -2.30. The SMILES string of the molecule is O=C(CCNCc1cnc[nH]1)N1CCCC1. The van der Waals surface area contributed by atoms with Crippen LogP contribution >= 0.6 is 0 Å². The molecule has 0 radical (unpaired) electrons. The summed E-state index contributed by atoms with van der Waals surface area (Å²) in [7, 11) is 0. The minimum absolute atomic E-state index is 0.273. The quantitative estimate of drug-likeness (QED) is 0.714. The van der Waals surface area contributed by atoms with Gasteiger partial charge in [0.1, 0.15) is 0 Å². The monoisotopic (exact) mass is 222 g/mol. The number of likely N-dealkylation sites (tertiary alicyclic amines) is 1. The van der Waals surface area contributed by atoms with Crippen LogP contribution in [0.3, 0.4) is 0 Å². The fourth-order valence-electron chi connectivity index (χ4n) is 1.92. The first kappa shape index (κ1) is 11.1. The molecule has 0 spiro atoms. The van der Waals surface area contributed by atoms with Crippen LogP contribution in [-0.4, -0.2) is 40.4 Å². The molecule has 0 aromatic carbocycles. The van der Waals surface area contributed by atoms with E-state index in [2.05, 4.69) is 15.3 Å². The first-order valence-corrected chi connectivity index (χ1v) is 5.82. The highest BCUT2D eigenvalue weighted by Gasteiger charge is 2.16. The van der Waals surface area contributed by atoms with Gasteiger partial charge in [-0.25, -0.2) is 4.98 Å². The van der Waals surface area contributed by atoms with Gasteiger partial charge < -0.3 is 15.2 Å². The number of aromatic nitrogens is 2. The fourth-order valence-corrected chi connectivity index (χ4v) is 1.92. The molecule has 16 heavy (non-hydrogen) atoms. The zero-order valence-electron chi connectivity index (χ0n) is 9.41. The summed E-state index contributed by atoms with van der Waals surface area (Å²) < 4.78 is 0. The van der Waals surface area contributed by atoms with E-state index in [9.17, 15) is 4.79 Å². The van der Waals surface area contributed by atoms with Crippen molar-refractivity contribution in [3.05, 3.63) is 18.2 Å². The summed E-state index contributed by atoms with van der Waals surface area (Å²) in [5, 5.41) is 3.22. The molecule has 0 aliphatic carbocycles. The Morgan fingerprint density at radius 2 is 2.31 bits per heavy atom. The third-order valence-corrected chi connectivity index (χ3v) is 2.84. The minimum Gasteiger partial charge on any atom is -0.347 e. The van der Waals surface area contributed by atoms with Crippen LogP contribution in [0.15, 0.2) is 12.5 Å². The van der Waals surface area contributed by atoms with E-state index >= 15 is 0 Å². The molecule has 1 aliphatic rings. The highest BCUT2D eigenvalue weighted by atomic mass is 16.2. The Labute approximate surface area is 95.2 Å². The number of H-pyrrole nitrogens is 1. The van der Waals surface area contributed by atoms with Crippen LogP contribution in [0.25, 0.3) is 0 Å². The van der Waals surface area contributed by atoms with Crippen molar-refractivity contribution < 1.29 is 4.79 Å². The molecule has 1 fully saturated rings.